The largest absolute Gasteiger partial charge is 0.343 e. The lowest BCUT2D eigenvalue weighted by Crippen LogP contribution is -2.35. The van der Waals surface area contributed by atoms with Crippen molar-refractivity contribution in [1.82, 2.24) is 15.2 Å². The molecule has 0 aliphatic carbocycles. The number of carbonyl (C=O) groups is 1. The van der Waals surface area contributed by atoms with Gasteiger partial charge in [0.1, 0.15) is 10.3 Å². The molecule has 2 aromatic rings. The van der Waals surface area contributed by atoms with E-state index in [1.165, 1.54) is 0 Å². The number of carbonyl (C=O) groups excluding carboxylic acids is 1. The highest BCUT2D eigenvalue weighted by molar-refractivity contribution is 9.10. The monoisotopic (exact) mass is 347 g/mol. The van der Waals surface area contributed by atoms with E-state index in [4.69, 9.17) is 0 Å². The molecule has 2 rings (SSSR count). The molecule has 5 heteroatoms. The van der Waals surface area contributed by atoms with Crippen molar-refractivity contribution in [2.45, 2.75) is 6.04 Å². The van der Waals surface area contributed by atoms with Crippen molar-refractivity contribution in [1.29, 1.82) is 0 Å². The lowest BCUT2D eigenvalue weighted by Gasteiger charge is -2.22. The topological polar surface area (TPSA) is 45.2 Å². The second kappa shape index (κ2) is 7.33. The van der Waals surface area contributed by atoms with Crippen LogP contribution in [0.4, 0.5) is 0 Å². The summed E-state index contributed by atoms with van der Waals surface area (Å²) in [5.74, 6) is -0.174. The highest BCUT2D eigenvalue weighted by Gasteiger charge is 2.17. The molecule has 110 valence electrons. The fourth-order valence-corrected chi connectivity index (χ4v) is 2.40. The number of nitrogens with zero attached hydrogens (tertiary/aromatic N) is 2. The van der Waals surface area contributed by atoms with Crippen molar-refractivity contribution in [2.75, 3.05) is 20.6 Å². The van der Waals surface area contributed by atoms with Crippen molar-refractivity contribution in [2.24, 2.45) is 0 Å². The van der Waals surface area contributed by atoms with Gasteiger partial charge in [-0.3, -0.25) is 4.79 Å². The van der Waals surface area contributed by atoms with Gasteiger partial charge in [-0.25, -0.2) is 4.98 Å². The van der Waals surface area contributed by atoms with Gasteiger partial charge in [0.15, 0.2) is 0 Å². The first-order valence-corrected chi connectivity index (χ1v) is 7.48. The van der Waals surface area contributed by atoms with E-state index in [0.717, 1.165) is 12.1 Å². The van der Waals surface area contributed by atoms with Gasteiger partial charge in [-0.1, -0.05) is 36.4 Å². The maximum Gasteiger partial charge on any atom is 0.270 e. The molecule has 0 saturated carbocycles. The molecule has 0 saturated heterocycles. The summed E-state index contributed by atoms with van der Waals surface area (Å²) in [5.41, 5.74) is 1.48. The van der Waals surface area contributed by atoms with Crippen LogP contribution in [0.3, 0.4) is 0 Å². The third kappa shape index (κ3) is 4.65. The summed E-state index contributed by atoms with van der Waals surface area (Å²) in [4.78, 5) is 18.6. The van der Waals surface area contributed by atoms with Gasteiger partial charge in [-0.05, 0) is 47.7 Å². The molecular weight excluding hydrogens is 330 g/mol. The Morgan fingerprint density at radius 2 is 1.90 bits per heavy atom. The number of halogens is 1. The second-order valence-corrected chi connectivity index (χ2v) is 5.86. The van der Waals surface area contributed by atoms with Crippen LogP contribution in [0.15, 0.2) is 53.1 Å². The Bertz CT molecular complexity index is 601. The molecule has 0 aliphatic rings. The van der Waals surface area contributed by atoms with Crippen molar-refractivity contribution in [3.63, 3.8) is 0 Å². The van der Waals surface area contributed by atoms with E-state index in [9.17, 15) is 4.79 Å². The van der Waals surface area contributed by atoms with Gasteiger partial charge in [0.25, 0.3) is 5.91 Å². The smallest absolute Gasteiger partial charge is 0.270 e. The SMILES string of the molecule is CN(C)CC(NC(=O)c1cccc(Br)n1)c1ccccc1. The summed E-state index contributed by atoms with van der Waals surface area (Å²) in [6.07, 6.45) is 0. The molecule has 1 amide bonds. The zero-order valence-electron chi connectivity index (χ0n) is 12.1. The van der Waals surface area contributed by atoms with Gasteiger partial charge in [-0.15, -0.1) is 0 Å². The van der Waals surface area contributed by atoms with Gasteiger partial charge in [-0.2, -0.15) is 0 Å². The molecule has 1 unspecified atom stereocenters. The van der Waals surface area contributed by atoms with E-state index in [-0.39, 0.29) is 11.9 Å². The Kier molecular flexibility index (Phi) is 5.47. The van der Waals surface area contributed by atoms with Crippen LogP contribution in [0.1, 0.15) is 22.1 Å². The molecule has 0 aliphatic heterocycles. The van der Waals surface area contributed by atoms with Gasteiger partial charge in [0.05, 0.1) is 6.04 Å². The number of hydrogen-bond donors (Lipinski definition) is 1. The highest BCUT2D eigenvalue weighted by atomic mass is 79.9. The minimum Gasteiger partial charge on any atom is -0.343 e. The minimum absolute atomic E-state index is 0.0746. The predicted molar refractivity (Wildman–Crippen MR) is 87.1 cm³/mol. The average Bonchev–Trinajstić information content (AvgIpc) is 2.47. The number of likely N-dealkylation sites (N-methyl/N-ethyl adjacent to an activating group) is 1. The van der Waals surface area contributed by atoms with E-state index < -0.39 is 0 Å². The molecule has 1 atom stereocenters. The van der Waals surface area contributed by atoms with Crippen LogP contribution < -0.4 is 5.32 Å². The van der Waals surface area contributed by atoms with Crippen LogP contribution in [0.5, 0.6) is 0 Å². The zero-order valence-corrected chi connectivity index (χ0v) is 13.7. The van der Waals surface area contributed by atoms with Crippen molar-refractivity contribution < 1.29 is 4.79 Å². The fourth-order valence-electron chi connectivity index (χ4n) is 2.05. The van der Waals surface area contributed by atoms with Gasteiger partial charge < -0.3 is 10.2 Å². The van der Waals surface area contributed by atoms with Crippen LogP contribution in [0.2, 0.25) is 0 Å². The average molecular weight is 348 g/mol. The molecule has 21 heavy (non-hydrogen) atoms. The number of aromatic nitrogens is 1. The lowest BCUT2D eigenvalue weighted by molar-refractivity contribution is 0.0924. The summed E-state index contributed by atoms with van der Waals surface area (Å²) in [5, 5.41) is 3.04. The molecule has 0 bridgehead atoms. The van der Waals surface area contributed by atoms with Crippen molar-refractivity contribution >= 4 is 21.8 Å². The molecule has 1 heterocycles. The molecule has 1 aromatic heterocycles. The maximum atomic E-state index is 12.3. The first kappa shape index (κ1) is 15.7. The third-order valence-electron chi connectivity index (χ3n) is 3.00. The molecule has 0 radical (unpaired) electrons. The number of hydrogen-bond acceptors (Lipinski definition) is 3. The summed E-state index contributed by atoms with van der Waals surface area (Å²) in [7, 11) is 3.97. The van der Waals surface area contributed by atoms with Crippen LogP contribution in [0, 0.1) is 0 Å². The normalized spacial score (nSPS) is 12.2. The van der Waals surface area contributed by atoms with Crippen LogP contribution in [0.25, 0.3) is 0 Å². The van der Waals surface area contributed by atoms with Crippen molar-refractivity contribution in [3.05, 3.63) is 64.4 Å². The molecule has 4 nitrogen and oxygen atoms in total. The zero-order chi connectivity index (χ0) is 15.2. The Labute approximate surface area is 133 Å². The predicted octanol–water partition coefficient (Wildman–Crippen LogP) is 2.88. The number of nitrogens with one attached hydrogen (secondary N) is 1. The first-order valence-electron chi connectivity index (χ1n) is 6.69. The summed E-state index contributed by atoms with van der Waals surface area (Å²) in [6.45, 7) is 0.726. The van der Waals surface area contributed by atoms with Crippen molar-refractivity contribution in [3.8, 4) is 0 Å². The number of amides is 1. The standard InChI is InChI=1S/C16H18BrN3O/c1-20(2)11-14(12-7-4-3-5-8-12)19-16(21)13-9-6-10-15(17)18-13/h3-10,14H,11H2,1-2H3,(H,19,21). The van der Waals surface area contributed by atoms with Gasteiger partial charge in [0.2, 0.25) is 0 Å². The molecule has 1 N–H and O–H groups in total. The lowest BCUT2D eigenvalue weighted by atomic mass is 10.1. The van der Waals surface area contributed by atoms with Gasteiger partial charge >= 0.3 is 0 Å². The molecular formula is C16H18BrN3O. The Morgan fingerprint density at radius 3 is 2.52 bits per heavy atom. The minimum atomic E-state index is -0.174. The number of pyridine rings is 1. The van der Waals surface area contributed by atoms with E-state index in [1.807, 2.05) is 49.3 Å². The van der Waals surface area contributed by atoms with Gasteiger partial charge in [0, 0.05) is 6.54 Å². The molecule has 0 fully saturated rings. The van der Waals surface area contributed by atoms with E-state index in [0.29, 0.717) is 10.3 Å². The summed E-state index contributed by atoms with van der Waals surface area (Å²) < 4.78 is 0.652. The summed E-state index contributed by atoms with van der Waals surface area (Å²) >= 11 is 3.28. The van der Waals surface area contributed by atoms with Crippen LogP contribution in [-0.4, -0.2) is 36.4 Å². The fraction of sp³-hybridized carbons (Fsp3) is 0.250. The Balaban J connectivity index is 2.17. The number of rotatable bonds is 5. The van der Waals surface area contributed by atoms with Crippen LogP contribution >= 0.6 is 15.9 Å². The van der Waals surface area contributed by atoms with E-state index in [2.05, 4.69) is 26.2 Å². The first-order chi connectivity index (χ1) is 10.1. The Morgan fingerprint density at radius 1 is 1.19 bits per heavy atom. The maximum absolute atomic E-state index is 12.3. The van der Waals surface area contributed by atoms with E-state index >= 15 is 0 Å². The van der Waals surface area contributed by atoms with Crippen LogP contribution in [-0.2, 0) is 0 Å². The van der Waals surface area contributed by atoms with E-state index in [1.54, 1.807) is 18.2 Å². The molecule has 1 aromatic carbocycles. The second-order valence-electron chi connectivity index (χ2n) is 5.04. The highest BCUT2D eigenvalue weighted by Crippen LogP contribution is 2.14. The summed E-state index contributed by atoms with van der Waals surface area (Å²) in [6, 6.07) is 15.2. The number of benzene rings is 1. The molecule has 0 spiro atoms. The quantitative estimate of drug-likeness (QED) is 0.846. The Hall–Kier alpha value is -1.72. The third-order valence-corrected chi connectivity index (χ3v) is 3.44.